The van der Waals surface area contributed by atoms with Crippen LogP contribution < -0.4 is 10.6 Å². The summed E-state index contributed by atoms with van der Waals surface area (Å²) in [6.07, 6.45) is 2.74. The van der Waals surface area contributed by atoms with E-state index in [0.29, 0.717) is 0 Å². The number of nitrogens with zero attached hydrogens (tertiary/aromatic N) is 2. The van der Waals surface area contributed by atoms with Gasteiger partial charge in [0.2, 0.25) is 0 Å². The summed E-state index contributed by atoms with van der Waals surface area (Å²) in [4.78, 5) is 9.01. The first-order valence-electron chi connectivity index (χ1n) is 10.9. The average molecular weight is 412 g/mol. The van der Waals surface area contributed by atoms with Crippen molar-refractivity contribution >= 4 is 33.6 Å². The van der Waals surface area contributed by atoms with Crippen molar-refractivity contribution in [3.05, 3.63) is 71.2 Å². The summed E-state index contributed by atoms with van der Waals surface area (Å²) in [5, 5.41) is 8.91. The predicted molar refractivity (Wildman–Crippen MR) is 123 cm³/mol. The smallest absolute Gasteiger partial charge is 0.134 e. The molecule has 0 atom stereocenters. The van der Waals surface area contributed by atoms with Gasteiger partial charge in [-0.15, -0.1) is 0 Å². The van der Waals surface area contributed by atoms with Gasteiger partial charge < -0.3 is 19.5 Å². The van der Waals surface area contributed by atoms with Crippen LogP contribution in [0.4, 0.5) is 0 Å². The third-order valence-electron chi connectivity index (χ3n) is 5.88. The van der Waals surface area contributed by atoms with Gasteiger partial charge in [-0.05, 0) is 55.0 Å². The van der Waals surface area contributed by atoms with Crippen molar-refractivity contribution in [2.45, 2.75) is 19.3 Å². The number of aryl methyl sites for hydroxylation is 2. The lowest BCUT2D eigenvalue weighted by Gasteiger charge is -2.01. The normalized spacial score (nSPS) is 15.9. The van der Waals surface area contributed by atoms with E-state index < -0.39 is 0 Å². The number of benzene rings is 2. The molecule has 2 aromatic carbocycles. The molecule has 2 aliphatic heterocycles. The number of hydrogen-bond donors (Lipinski definition) is 2. The van der Waals surface area contributed by atoms with Gasteiger partial charge in [-0.25, -0.2) is 0 Å². The number of amidine groups is 2. The molecule has 4 heterocycles. The van der Waals surface area contributed by atoms with E-state index in [-0.39, 0.29) is 0 Å². The molecule has 4 aromatic rings. The molecule has 0 radical (unpaired) electrons. The van der Waals surface area contributed by atoms with Crippen molar-refractivity contribution < 1.29 is 8.83 Å². The van der Waals surface area contributed by atoms with E-state index in [1.54, 1.807) is 0 Å². The molecule has 6 rings (SSSR count). The van der Waals surface area contributed by atoms with E-state index in [9.17, 15) is 0 Å². The molecule has 0 aliphatic carbocycles. The minimum Gasteiger partial charge on any atom is -0.461 e. The van der Waals surface area contributed by atoms with Crippen molar-refractivity contribution in [1.29, 1.82) is 0 Å². The summed E-state index contributed by atoms with van der Waals surface area (Å²) in [5.41, 5.74) is 4.10. The Morgan fingerprint density at radius 3 is 1.65 bits per heavy atom. The third-order valence-corrected chi connectivity index (χ3v) is 5.88. The molecule has 0 fully saturated rings. The van der Waals surface area contributed by atoms with Gasteiger partial charge in [0.05, 0.1) is 13.1 Å². The summed E-state index contributed by atoms with van der Waals surface area (Å²) in [7, 11) is 0. The highest BCUT2D eigenvalue weighted by atomic mass is 16.3. The second kappa shape index (κ2) is 7.61. The molecule has 2 aliphatic rings. The van der Waals surface area contributed by atoms with Crippen LogP contribution in [-0.4, -0.2) is 37.9 Å². The van der Waals surface area contributed by atoms with Crippen LogP contribution >= 0.6 is 0 Å². The van der Waals surface area contributed by atoms with Crippen LogP contribution in [0.15, 0.2) is 67.4 Å². The van der Waals surface area contributed by atoms with E-state index in [0.717, 1.165) is 102 Å². The number of fused-ring (bicyclic) bond motifs is 2. The Kier molecular flexibility index (Phi) is 4.48. The van der Waals surface area contributed by atoms with Crippen molar-refractivity contribution in [3.63, 3.8) is 0 Å². The molecule has 0 saturated carbocycles. The molecule has 0 unspecified atom stereocenters. The molecule has 6 heteroatoms. The van der Waals surface area contributed by atoms with Gasteiger partial charge in [-0.1, -0.05) is 0 Å². The molecule has 0 spiro atoms. The minimum atomic E-state index is 0.846. The molecule has 0 bridgehead atoms. The first-order chi connectivity index (χ1) is 15.3. The Morgan fingerprint density at radius 1 is 0.677 bits per heavy atom. The minimum absolute atomic E-state index is 0.846. The Balaban J connectivity index is 1.13. The van der Waals surface area contributed by atoms with Crippen LogP contribution in [0.5, 0.6) is 0 Å². The maximum atomic E-state index is 6.04. The second-order valence-corrected chi connectivity index (χ2v) is 8.10. The van der Waals surface area contributed by atoms with E-state index in [2.05, 4.69) is 57.0 Å². The lowest BCUT2D eigenvalue weighted by Crippen LogP contribution is -2.19. The summed E-state index contributed by atoms with van der Waals surface area (Å²) in [6, 6.07) is 16.8. The van der Waals surface area contributed by atoms with E-state index in [4.69, 9.17) is 8.83 Å². The zero-order chi connectivity index (χ0) is 20.6. The van der Waals surface area contributed by atoms with Gasteiger partial charge in [0, 0.05) is 47.8 Å². The van der Waals surface area contributed by atoms with Crippen LogP contribution in [0.3, 0.4) is 0 Å². The van der Waals surface area contributed by atoms with Crippen molar-refractivity contribution in [1.82, 2.24) is 10.6 Å². The SMILES string of the molecule is c1cc2oc(CCCc3cc4cc(C5=NCCN5)ccc4o3)cc2cc1C1=NCCN1. The fraction of sp³-hybridized carbons (Fsp3) is 0.280. The van der Waals surface area contributed by atoms with Gasteiger partial charge in [-0.2, -0.15) is 0 Å². The molecule has 156 valence electrons. The number of aliphatic imine (C=N–C) groups is 2. The number of hydrogen-bond acceptors (Lipinski definition) is 6. The van der Waals surface area contributed by atoms with Crippen LogP contribution in [0.25, 0.3) is 21.9 Å². The van der Waals surface area contributed by atoms with Crippen molar-refractivity contribution in [2.24, 2.45) is 9.98 Å². The fourth-order valence-electron chi connectivity index (χ4n) is 4.36. The van der Waals surface area contributed by atoms with Gasteiger partial charge in [-0.3, -0.25) is 9.98 Å². The zero-order valence-electron chi connectivity index (χ0n) is 17.3. The number of nitrogens with one attached hydrogen (secondary N) is 2. The van der Waals surface area contributed by atoms with Gasteiger partial charge in [0.15, 0.2) is 0 Å². The number of rotatable bonds is 6. The van der Waals surface area contributed by atoms with Crippen LogP contribution in [0, 0.1) is 0 Å². The first-order valence-corrected chi connectivity index (χ1v) is 10.9. The van der Waals surface area contributed by atoms with Crippen LogP contribution in [0.2, 0.25) is 0 Å². The molecule has 6 nitrogen and oxygen atoms in total. The van der Waals surface area contributed by atoms with Crippen LogP contribution in [-0.2, 0) is 12.8 Å². The van der Waals surface area contributed by atoms with Crippen molar-refractivity contribution in [3.8, 4) is 0 Å². The largest absolute Gasteiger partial charge is 0.461 e. The third kappa shape index (κ3) is 3.58. The standard InChI is InChI=1S/C25H24N4O2/c1(2-20-14-18-12-16(4-6-22(18)30-20)24-26-8-9-27-24)3-21-15-19-13-17(5-7-23(19)31-21)25-28-10-11-29-25/h4-7,12-15H,1-3,8-11H2,(H,26,27)(H,28,29). The van der Waals surface area contributed by atoms with E-state index in [1.807, 2.05) is 12.1 Å². The summed E-state index contributed by atoms with van der Waals surface area (Å²) < 4.78 is 12.1. The highest BCUT2D eigenvalue weighted by Crippen LogP contribution is 2.25. The lowest BCUT2D eigenvalue weighted by molar-refractivity contribution is 0.510. The first kappa shape index (κ1) is 18.2. The Labute approximate surface area is 180 Å². The topological polar surface area (TPSA) is 75.1 Å². The molecule has 2 aromatic heterocycles. The number of furan rings is 2. The summed E-state index contributed by atoms with van der Waals surface area (Å²) in [6.45, 7) is 3.52. The van der Waals surface area contributed by atoms with E-state index in [1.165, 1.54) is 0 Å². The maximum Gasteiger partial charge on any atom is 0.134 e. The van der Waals surface area contributed by atoms with E-state index >= 15 is 0 Å². The highest BCUT2D eigenvalue weighted by molar-refractivity contribution is 6.03. The Hall–Kier alpha value is -3.54. The Bertz CT molecular complexity index is 1230. The molecule has 0 saturated heterocycles. The molecule has 0 amide bonds. The second-order valence-electron chi connectivity index (χ2n) is 8.10. The van der Waals surface area contributed by atoms with Gasteiger partial charge in [0.1, 0.15) is 34.4 Å². The fourth-order valence-corrected chi connectivity index (χ4v) is 4.36. The molecule has 2 N–H and O–H groups in total. The zero-order valence-corrected chi connectivity index (χ0v) is 17.3. The van der Waals surface area contributed by atoms with Crippen molar-refractivity contribution in [2.75, 3.05) is 26.2 Å². The Morgan fingerprint density at radius 2 is 1.19 bits per heavy atom. The monoisotopic (exact) mass is 412 g/mol. The maximum absolute atomic E-state index is 6.04. The predicted octanol–water partition coefficient (Wildman–Crippen LogP) is 4.05. The average Bonchev–Trinajstić information content (AvgIpc) is 3.59. The molecular formula is C25H24N4O2. The van der Waals surface area contributed by atoms with Crippen LogP contribution in [0.1, 0.15) is 29.1 Å². The van der Waals surface area contributed by atoms with Gasteiger partial charge >= 0.3 is 0 Å². The highest BCUT2D eigenvalue weighted by Gasteiger charge is 2.13. The van der Waals surface area contributed by atoms with Gasteiger partial charge in [0.25, 0.3) is 0 Å². The lowest BCUT2D eigenvalue weighted by atomic mass is 10.1. The summed E-state index contributed by atoms with van der Waals surface area (Å²) in [5.74, 6) is 3.98. The summed E-state index contributed by atoms with van der Waals surface area (Å²) >= 11 is 0. The molecule has 31 heavy (non-hydrogen) atoms. The molecular weight excluding hydrogens is 388 g/mol. The quantitative estimate of drug-likeness (QED) is 0.501.